The van der Waals surface area contributed by atoms with Crippen molar-refractivity contribution < 1.29 is 23.1 Å². The summed E-state index contributed by atoms with van der Waals surface area (Å²) in [5, 5.41) is 9.97. The molecule has 0 spiro atoms. The normalized spacial score (nSPS) is 23.6. The number of likely N-dealkylation sites (tertiary alicyclic amines) is 1. The number of allylic oxidation sites excluding steroid dienone is 1. The van der Waals surface area contributed by atoms with E-state index in [2.05, 4.69) is 11.0 Å². The van der Waals surface area contributed by atoms with Gasteiger partial charge in [-0.15, -0.1) is 0 Å². The van der Waals surface area contributed by atoms with E-state index in [1.54, 1.807) is 12.1 Å². The average Bonchev–Trinajstić information content (AvgIpc) is 2.65. The summed E-state index contributed by atoms with van der Waals surface area (Å²) in [7, 11) is -2.55. The minimum atomic E-state index is -4.04. The molecule has 0 aromatic heterocycles. The molecule has 0 saturated carbocycles. The Balaban J connectivity index is 2.40. The predicted molar refractivity (Wildman–Crippen MR) is 105 cm³/mol. The average molecular weight is 396 g/mol. The second-order valence-corrected chi connectivity index (χ2v) is 9.53. The Bertz CT molecular complexity index is 796. The fraction of sp³-hybridized carbons (Fsp3) is 0.550. The van der Waals surface area contributed by atoms with Gasteiger partial charge >= 0.3 is 5.97 Å². The predicted octanol–water partition coefficient (Wildman–Crippen LogP) is 3.13. The monoisotopic (exact) mass is 395 g/mol. The largest absolute Gasteiger partial charge is 0.497 e. The summed E-state index contributed by atoms with van der Waals surface area (Å²) in [6.07, 6.45) is 2.95. The molecule has 0 aliphatic carbocycles. The number of ether oxygens (including phenoxy) is 1. The van der Waals surface area contributed by atoms with Crippen LogP contribution in [0.15, 0.2) is 40.8 Å². The first-order chi connectivity index (χ1) is 12.7. The van der Waals surface area contributed by atoms with Crippen molar-refractivity contribution in [2.45, 2.75) is 55.7 Å². The van der Waals surface area contributed by atoms with E-state index in [1.807, 2.05) is 20.8 Å². The minimum Gasteiger partial charge on any atom is -0.497 e. The van der Waals surface area contributed by atoms with Crippen LogP contribution in [0, 0.1) is 0 Å². The zero-order valence-electron chi connectivity index (χ0n) is 16.4. The van der Waals surface area contributed by atoms with Gasteiger partial charge < -0.3 is 9.84 Å². The summed E-state index contributed by atoms with van der Waals surface area (Å²) in [5.74, 6) is -0.736. The lowest BCUT2D eigenvalue weighted by Gasteiger charge is -2.43. The molecule has 2 atom stereocenters. The van der Waals surface area contributed by atoms with Crippen LogP contribution in [-0.2, 0) is 14.6 Å². The Kier molecular flexibility index (Phi) is 6.70. The number of carbonyl (C=O) groups is 1. The number of methoxy groups -OCH3 is 1. The summed E-state index contributed by atoms with van der Waals surface area (Å²) in [4.78, 5) is 14.4. The Morgan fingerprint density at radius 1 is 1.33 bits per heavy atom. The Hall–Kier alpha value is -1.86. The number of carboxylic acids is 1. The Morgan fingerprint density at radius 3 is 2.44 bits per heavy atom. The molecule has 1 aromatic carbocycles. The van der Waals surface area contributed by atoms with Gasteiger partial charge in [-0.2, -0.15) is 0 Å². The van der Waals surface area contributed by atoms with E-state index in [4.69, 9.17) is 4.74 Å². The quantitative estimate of drug-likeness (QED) is 0.714. The lowest BCUT2D eigenvalue weighted by molar-refractivity contribution is -0.142. The number of benzene rings is 1. The molecule has 1 aromatic rings. The van der Waals surface area contributed by atoms with E-state index in [0.717, 1.165) is 0 Å². The summed E-state index contributed by atoms with van der Waals surface area (Å²) in [6.45, 7) is 7.14. The number of nitrogens with zero attached hydrogens (tertiary/aromatic N) is 1. The lowest BCUT2D eigenvalue weighted by Crippen LogP contribution is -2.57. The van der Waals surface area contributed by atoms with Gasteiger partial charge in [0.05, 0.1) is 12.0 Å². The molecule has 2 rings (SSSR count). The molecule has 6 nitrogen and oxygen atoms in total. The first-order valence-electron chi connectivity index (χ1n) is 9.17. The van der Waals surface area contributed by atoms with E-state index in [9.17, 15) is 18.3 Å². The Morgan fingerprint density at radius 2 is 1.96 bits per heavy atom. The van der Waals surface area contributed by atoms with Crippen molar-refractivity contribution >= 4 is 15.8 Å². The standard InChI is InChI=1S/C20H29NO5S/c1-5-16-14-20(19(22)23,11-13-21(16)12-10-15(2)3)27(24,25)18-8-6-17(26-4)7-9-18/h6-10,16H,5,11-14H2,1-4H3,(H,22,23). The maximum absolute atomic E-state index is 13.3. The number of carboxylic acid groups (broad SMARTS) is 1. The van der Waals surface area contributed by atoms with E-state index in [0.29, 0.717) is 25.3 Å². The van der Waals surface area contributed by atoms with Crippen molar-refractivity contribution in [3.63, 3.8) is 0 Å². The van der Waals surface area contributed by atoms with E-state index in [1.165, 1.54) is 24.8 Å². The molecule has 1 saturated heterocycles. The molecule has 1 heterocycles. The zero-order valence-corrected chi connectivity index (χ0v) is 17.3. The summed E-state index contributed by atoms with van der Waals surface area (Å²) >= 11 is 0. The highest BCUT2D eigenvalue weighted by molar-refractivity contribution is 7.93. The van der Waals surface area contributed by atoms with Gasteiger partial charge in [-0.3, -0.25) is 9.69 Å². The smallest absolute Gasteiger partial charge is 0.325 e. The number of rotatable bonds is 7. The van der Waals surface area contributed by atoms with E-state index >= 15 is 0 Å². The van der Waals surface area contributed by atoms with Gasteiger partial charge in [-0.1, -0.05) is 18.6 Å². The molecule has 1 N–H and O–H groups in total. The molecule has 150 valence electrons. The van der Waals surface area contributed by atoms with Crippen LogP contribution in [0.1, 0.15) is 40.0 Å². The molecule has 27 heavy (non-hydrogen) atoms. The van der Waals surface area contributed by atoms with Crippen LogP contribution >= 0.6 is 0 Å². The second kappa shape index (κ2) is 8.44. The highest BCUT2D eigenvalue weighted by Gasteiger charge is 2.55. The fourth-order valence-corrected chi connectivity index (χ4v) is 5.54. The van der Waals surface area contributed by atoms with Crippen LogP contribution in [0.4, 0.5) is 0 Å². The van der Waals surface area contributed by atoms with Crippen molar-refractivity contribution in [1.82, 2.24) is 4.90 Å². The first-order valence-corrected chi connectivity index (χ1v) is 10.7. The molecule has 7 heteroatoms. The molecule has 0 amide bonds. The van der Waals surface area contributed by atoms with Gasteiger partial charge in [0.1, 0.15) is 5.75 Å². The maximum atomic E-state index is 13.3. The highest BCUT2D eigenvalue weighted by atomic mass is 32.2. The summed E-state index contributed by atoms with van der Waals surface area (Å²) in [5.41, 5.74) is 1.19. The van der Waals surface area contributed by atoms with Crippen molar-refractivity contribution in [3.8, 4) is 5.75 Å². The number of hydrogen-bond donors (Lipinski definition) is 1. The van der Waals surface area contributed by atoms with Crippen LogP contribution in [0.5, 0.6) is 5.75 Å². The Labute approximate surface area is 161 Å². The molecule has 0 bridgehead atoms. The molecule has 1 aliphatic heterocycles. The SMILES string of the molecule is CCC1CC(C(=O)O)(S(=O)(=O)c2ccc(OC)cc2)CCN1CC=C(C)C. The zero-order chi connectivity index (χ0) is 20.2. The third-order valence-corrected chi connectivity index (χ3v) is 7.83. The van der Waals surface area contributed by atoms with E-state index in [-0.39, 0.29) is 23.8 Å². The number of sulfone groups is 1. The number of hydrogen-bond acceptors (Lipinski definition) is 5. The van der Waals surface area contributed by atoms with Crippen molar-refractivity contribution in [2.24, 2.45) is 0 Å². The van der Waals surface area contributed by atoms with Crippen LogP contribution in [-0.4, -0.2) is 55.4 Å². The van der Waals surface area contributed by atoms with Gasteiger partial charge in [0.2, 0.25) is 0 Å². The van der Waals surface area contributed by atoms with Gasteiger partial charge in [-0.25, -0.2) is 8.42 Å². The summed E-state index contributed by atoms with van der Waals surface area (Å²) < 4.78 is 29.9. The van der Waals surface area contributed by atoms with Gasteiger partial charge in [0.25, 0.3) is 0 Å². The third kappa shape index (κ3) is 4.19. The number of piperidine rings is 1. The first kappa shape index (κ1) is 21.4. The second-order valence-electron chi connectivity index (χ2n) is 7.27. The van der Waals surface area contributed by atoms with Crippen LogP contribution in [0.3, 0.4) is 0 Å². The molecule has 0 radical (unpaired) electrons. The summed E-state index contributed by atoms with van der Waals surface area (Å²) in [6, 6.07) is 5.84. The lowest BCUT2D eigenvalue weighted by atomic mass is 9.88. The van der Waals surface area contributed by atoms with Crippen LogP contribution < -0.4 is 4.74 Å². The number of aliphatic carboxylic acids is 1. The minimum absolute atomic E-state index is 0.0262. The van der Waals surface area contributed by atoms with Crippen molar-refractivity contribution in [1.29, 1.82) is 0 Å². The van der Waals surface area contributed by atoms with Crippen molar-refractivity contribution in [3.05, 3.63) is 35.9 Å². The van der Waals surface area contributed by atoms with E-state index < -0.39 is 20.6 Å². The molecular weight excluding hydrogens is 366 g/mol. The van der Waals surface area contributed by atoms with Gasteiger partial charge in [0, 0.05) is 19.1 Å². The highest BCUT2D eigenvalue weighted by Crippen LogP contribution is 2.39. The van der Waals surface area contributed by atoms with Crippen LogP contribution in [0.2, 0.25) is 0 Å². The molecular formula is C20H29NO5S. The van der Waals surface area contributed by atoms with Crippen LogP contribution in [0.25, 0.3) is 0 Å². The maximum Gasteiger partial charge on any atom is 0.325 e. The van der Waals surface area contributed by atoms with Crippen molar-refractivity contribution in [2.75, 3.05) is 20.2 Å². The molecule has 2 unspecified atom stereocenters. The topological polar surface area (TPSA) is 83.9 Å². The van der Waals surface area contributed by atoms with Gasteiger partial charge in [-0.05, 0) is 57.4 Å². The third-order valence-electron chi connectivity index (χ3n) is 5.36. The molecule has 1 fully saturated rings. The fourth-order valence-electron chi connectivity index (χ4n) is 3.60. The van der Waals surface area contributed by atoms with Gasteiger partial charge in [0.15, 0.2) is 14.6 Å². The molecule has 1 aliphatic rings.